The van der Waals surface area contributed by atoms with Crippen molar-refractivity contribution in [1.82, 2.24) is 0 Å². The Hall–Kier alpha value is -1.63. The molecule has 0 rings (SSSR count). The van der Waals surface area contributed by atoms with Crippen LogP contribution in [0.1, 0.15) is 245 Å². The van der Waals surface area contributed by atoms with Gasteiger partial charge < -0.3 is 21.9 Å². The Morgan fingerprint density at radius 1 is 0.471 bits per heavy atom. The molecule has 7 nitrogen and oxygen atoms in total. The molecule has 0 spiro atoms. The zero-order valence-corrected chi connectivity index (χ0v) is 34.3. The second-order valence-corrected chi connectivity index (χ2v) is 15.7. The summed E-state index contributed by atoms with van der Waals surface area (Å²) in [6.45, 7) is 5.20. The van der Waals surface area contributed by atoms with Crippen LogP contribution in [0.4, 0.5) is 0 Å². The number of carbonyl (C=O) groups excluding carboxylic acids is 2. The molecule has 0 saturated carbocycles. The summed E-state index contributed by atoms with van der Waals surface area (Å²) in [5.74, 6) is -0.813. The second-order valence-electron chi connectivity index (χ2n) is 15.7. The molecule has 0 amide bonds. The molecule has 0 saturated heterocycles. The van der Waals surface area contributed by atoms with Gasteiger partial charge in [0.2, 0.25) is 0 Å². The average Bonchev–Trinajstić information content (AvgIpc) is 3.12. The highest BCUT2D eigenvalue weighted by atomic mass is 16.5. The number of carbonyl (C=O) groups is 2. The van der Waals surface area contributed by atoms with Crippen molar-refractivity contribution in [2.45, 2.75) is 251 Å². The van der Waals surface area contributed by atoms with E-state index < -0.39 is 11.5 Å². The molecule has 302 valence electrons. The van der Waals surface area contributed by atoms with E-state index in [1.165, 1.54) is 173 Å². The third-order valence-corrected chi connectivity index (χ3v) is 10.6. The summed E-state index contributed by atoms with van der Waals surface area (Å²) in [5.41, 5.74) is 15.8. The Morgan fingerprint density at radius 2 is 0.784 bits per heavy atom. The Labute approximate surface area is 317 Å². The van der Waals surface area contributed by atoms with Gasteiger partial charge in [-0.1, -0.05) is 213 Å². The molecule has 51 heavy (non-hydrogen) atoms. The summed E-state index contributed by atoms with van der Waals surface area (Å²) in [6, 6.07) is 0. The van der Waals surface area contributed by atoms with Crippen molar-refractivity contribution in [3.63, 3.8) is 0 Å². The van der Waals surface area contributed by atoms with Crippen LogP contribution < -0.4 is 17.2 Å². The van der Waals surface area contributed by atoms with Crippen LogP contribution >= 0.6 is 0 Å². The normalized spacial score (nSPS) is 12.5. The van der Waals surface area contributed by atoms with Gasteiger partial charge in [-0.05, 0) is 25.7 Å². The number of guanidine groups is 1. The number of aliphatic imine (C=N–C) groups is 1. The molecule has 0 fully saturated rings. The number of ether oxygens (including phenoxy) is 1. The maximum Gasteiger partial charge on any atom is 0.333 e. The average molecular weight is 721 g/mol. The summed E-state index contributed by atoms with van der Waals surface area (Å²) in [5, 5.41) is 0. The fraction of sp³-hybridized carbons (Fsp3) is 0.932. The molecule has 0 aliphatic rings. The first-order valence-electron chi connectivity index (χ1n) is 22.4. The van der Waals surface area contributed by atoms with Crippen LogP contribution in [0, 0.1) is 0 Å². The van der Waals surface area contributed by atoms with Crippen molar-refractivity contribution >= 4 is 17.7 Å². The molecule has 0 aromatic carbocycles. The molecule has 0 aliphatic carbocycles. The van der Waals surface area contributed by atoms with Crippen LogP contribution in [0.15, 0.2) is 4.99 Å². The predicted octanol–water partition coefficient (Wildman–Crippen LogP) is 12.2. The van der Waals surface area contributed by atoms with E-state index in [4.69, 9.17) is 21.9 Å². The molecule has 1 atom stereocenters. The highest BCUT2D eigenvalue weighted by molar-refractivity contribution is 6.08. The van der Waals surface area contributed by atoms with Gasteiger partial charge in [-0.3, -0.25) is 9.79 Å². The minimum absolute atomic E-state index is 0.00177. The number of ketones is 1. The highest BCUT2D eigenvalue weighted by Crippen LogP contribution is 2.20. The molecule has 0 heterocycles. The molecule has 0 aromatic rings. The first kappa shape index (κ1) is 49.4. The predicted molar refractivity (Wildman–Crippen MR) is 221 cm³/mol. The van der Waals surface area contributed by atoms with Crippen molar-refractivity contribution in [3.8, 4) is 0 Å². The molecule has 7 heteroatoms. The van der Waals surface area contributed by atoms with E-state index in [0.717, 1.165) is 38.5 Å². The molecule has 0 aliphatic heterocycles. The van der Waals surface area contributed by atoms with Gasteiger partial charge in [0.1, 0.15) is 0 Å². The fourth-order valence-corrected chi connectivity index (χ4v) is 7.10. The minimum Gasteiger partial charge on any atom is -0.464 e. The number of nitrogens with zero attached hydrogens (tertiary/aromatic N) is 1. The number of unbranched alkanes of at least 4 members (excludes halogenated alkanes) is 31. The third kappa shape index (κ3) is 32.7. The van der Waals surface area contributed by atoms with Crippen molar-refractivity contribution < 1.29 is 14.3 Å². The topological polar surface area (TPSA) is 134 Å². The van der Waals surface area contributed by atoms with Crippen molar-refractivity contribution in [3.05, 3.63) is 0 Å². The van der Waals surface area contributed by atoms with Gasteiger partial charge in [0.05, 0.1) is 6.61 Å². The summed E-state index contributed by atoms with van der Waals surface area (Å²) in [4.78, 5) is 30.4. The van der Waals surface area contributed by atoms with E-state index in [0.29, 0.717) is 26.0 Å². The maximum absolute atomic E-state index is 13.2. The van der Waals surface area contributed by atoms with Gasteiger partial charge in [0, 0.05) is 13.0 Å². The van der Waals surface area contributed by atoms with E-state index >= 15 is 0 Å². The van der Waals surface area contributed by atoms with E-state index in [2.05, 4.69) is 18.8 Å². The number of esters is 1. The van der Waals surface area contributed by atoms with E-state index in [1.54, 1.807) is 0 Å². The van der Waals surface area contributed by atoms with E-state index in [9.17, 15) is 9.59 Å². The van der Waals surface area contributed by atoms with Crippen LogP contribution in [0.3, 0.4) is 0 Å². The Balaban J connectivity index is 4.01. The lowest BCUT2D eigenvalue weighted by Crippen LogP contribution is -2.56. The Kier molecular flexibility index (Phi) is 36.9. The molecule has 0 radical (unpaired) electrons. The van der Waals surface area contributed by atoms with Crippen molar-refractivity contribution in [2.24, 2.45) is 22.2 Å². The first-order chi connectivity index (χ1) is 24.9. The molecule has 6 N–H and O–H groups in total. The SMILES string of the molecule is CCCCCCCCCCCCCCCCCCCCCCOC(=O)[C@@](N)(CCCN=C(N)N)C(=O)CCCCCCCCCCCCCCC. The Bertz CT molecular complexity index is 801. The van der Waals surface area contributed by atoms with Gasteiger partial charge in [0.25, 0.3) is 0 Å². The Morgan fingerprint density at radius 3 is 1.12 bits per heavy atom. The third-order valence-electron chi connectivity index (χ3n) is 10.6. The molecule has 0 aromatic heterocycles. The van der Waals surface area contributed by atoms with Crippen molar-refractivity contribution in [2.75, 3.05) is 13.2 Å². The van der Waals surface area contributed by atoms with E-state index in [1.807, 2.05) is 0 Å². The molecular weight excluding hydrogens is 633 g/mol. The summed E-state index contributed by atoms with van der Waals surface area (Å²) in [7, 11) is 0. The lowest BCUT2D eigenvalue weighted by Gasteiger charge is -2.26. The molecule has 0 bridgehead atoms. The van der Waals surface area contributed by atoms with Crippen LogP contribution in [0.2, 0.25) is 0 Å². The quantitative estimate of drug-likeness (QED) is 0.0189. The number of hydrogen-bond donors (Lipinski definition) is 3. The maximum atomic E-state index is 13.2. The summed E-state index contributed by atoms with van der Waals surface area (Å²) >= 11 is 0. The van der Waals surface area contributed by atoms with Gasteiger partial charge >= 0.3 is 5.97 Å². The molecular formula is C44H88N4O3. The monoisotopic (exact) mass is 721 g/mol. The van der Waals surface area contributed by atoms with Gasteiger partial charge in [-0.15, -0.1) is 0 Å². The van der Waals surface area contributed by atoms with Gasteiger partial charge in [-0.25, -0.2) is 4.79 Å². The van der Waals surface area contributed by atoms with Crippen LogP contribution in [-0.2, 0) is 14.3 Å². The van der Waals surface area contributed by atoms with Crippen LogP contribution in [-0.4, -0.2) is 36.4 Å². The second kappa shape index (κ2) is 38.1. The number of nitrogens with two attached hydrogens (primary N) is 3. The van der Waals surface area contributed by atoms with E-state index in [-0.39, 0.29) is 18.2 Å². The van der Waals surface area contributed by atoms with Crippen molar-refractivity contribution in [1.29, 1.82) is 0 Å². The zero-order valence-electron chi connectivity index (χ0n) is 34.3. The minimum atomic E-state index is -1.62. The zero-order chi connectivity index (χ0) is 37.5. The smallest absolute Gasteiger partial charge is 0.333 e. The number of hydrogen-bond acceptors (Lipinski definition) is 5. The lowest BCUT2D eigenvalue weighted by molar-refractivity contribution is -0.154. The number of rotatable bonds is 41. The van der Waals surface area contributed by atoms with Gasteiger partial charge in [-0.2, -0.15) is 0 Å². The summed E-state index contributed by atoms with van der Waals surface area (Å²) < 4.78 is 5.59. The fourth-order valence-electron chi connectivity index (χ4n) is 7.10. The van der Waals surface area contributed by atoms with Crippen LogP contribution in [0.5, 0.6) is 0 Å². The van der Waals surface area contributed by atoms with Gasteiger partial charge in [0.15, 0.2) is 17.3 Å². The summed E-state index contributed by atoms with van der Waals surface area (Å²) in [6.07, 6.45) is 43.6. The first-order valence-corrected chi connectivity index (χ1v) is 22.4. The number of Topliss-reactive ketones (excluding diaryl/α,β-unsaturated/α-hetero) is 1. The van der Waals surface area contributed by atoms with Crippen LogP contribution in [0.25, 0.3) is 0 Å². The highest BCUT2D eigenvalue weighted by Gasteiger charge is 2.42. The largest absolute Gasteiger partial charge is 0.464 e. The standard InChI is InChI=1S/C44H88N4O3/c1-3-5-7-9-11-13-15-17-18-19-20-21-22-23-25-27-29-31-33-35-40-51-42(50)44(47,38-36-39-48-43(45)46)41(49)37-34-32-30-28-26-24-16-14-12-10-8-6-4-2/h3-40,47H2,1-2H3,(H4,45,46,48)/t44-/m1/s1. The lowest BCUT2D eigenvalue weighted by atomic mass is 9.86. The molecule has 0 unspecified atom stereocenters.